The van der Waals surface area contributed by atoms with E-state index >= 15 is 0 Å². The average Bonchev–Trinajstić information content (AvgIpc) is 2.74. The van der Waals surface area contributed by atoms with Crippen LogP contribution in [0.25, 0.3) is 22.3 Å². The van der Waals surface area contributed by atoms with Gasteiger partial charge >= 0.3 is 167 Å². The summed E-state index contributed by atoms with van der Waals surface area (Å²) in [6.45, 7) is 0. The van der Waals surface area contributed by atoms with Crippen molar-refractivity contribution >= 4 is 35.2 Å². The molecule has 0 saturated carbocycles. The molecule has 126 valence electrons. The summed E-state index contributed by atoms with van der Waals surface area (Å²) in [7, 11) is 0. The van der Waals surface area contributed by atoms with Crippen LogP contribution in [0.15, 0.2) is 109 Å². The molecule has 0 unspecified atom stereocenters. The Hall–Kier alpha value is -2.08. The topological polar surface area (TPSA) is 0 Å². The third kappa shape index (κ3) is 4.36. The van der Waals surface area contributed by atoms with E-state index < -0.39 is 0 Å². The fourth-order valence-corrected chi connectivity index (χ4v) is 8.73. The summed E-state index contributed by atoms with van der Waals surface area (Å²) in [4.78, 5) is 0. The molecule has 0 N–H and O–H groups in total. The third-order valence-corrected chi connectivity index (χ3v) is 11.4. The van der Waals surface area contributed by atoms with E-state index in [1.54, 1.807) is 0 Å². The molecule has 0 fully saturated rings. The standard InChI is InChI=1S/C24H18Se2/c1-3-7-19(8-4-1)21-11-15-23(16-12-21)25-26-24-17-13-22(14-18-24)20-9-5-2-6-10-20/h1-18H. The summed E-state index contributed by atoms with van der Waals surface area (Å²) in [5.41, 5.74) is 5.16. The summed E-state index contributed by atoms with van der Waals surface area (Å²) in [6, 6.07) is 39.3. The van der Waals surface area contributed by atoms with E-state index in [1.807, 2.05) is 0 Å². The Morgan fingerprint density at radius 1 is 0.308 bits per heavy atom. The van der Waals surface area contributed by atoms with Gasteiger partial charge in [-0.25, -0.2) is 0 Å². The van der Waals surface area contributed by atoms with Crippen LogP contribution in [0.5, 0.6) is 0 Å². The van der Waals surface area contributed by atoms with E-state index in [9.17, 15) is 0 Å². The number of hydrogen-bond donors (Lipinski definition) is 0. The molecule has 0 spiro atoms. The average molecular weight is 464 g/mol. The Morgan fingerprint density at radius 3 is 0.962 bits per heavy atom. The van der Waals surface area contributed by atoms with Gasteiger partial charge in [-0.2, -0.15) is 0 Å². The minimum absolute atomic E-state index is 0.524. The van der Waals surface area contributed by atoms with Gasteiger partial charge in [-0.15, -0.1) is 0 Å². The van der Waals surface area contributed by atoms with Gasteiger partial charge in [0.25, 0.3) is 0 Å². The first-order valence-electron chi connectivity index (χ1n) is 8.54. The zero-order valence-electron chi connectivity index (χ0n) is 14.2. The van der Waals surface area contributed by atoms with E-state index in [-0.39, 0.29) is 0 Å². The van der Waals surface area contributed by atoms with Gasteiger partial charge < -0.3 is 0 Å². The first-order chi connectivity index (χ1) is 12.9. The Bertz CT molecular complexity index is 861. The molecule has 0 aromatic heterocycles. The molecular formula is C24H18Se2. The van der Waals surface area contributed by atoms with Crippen molar-refractivity contribution in [2.75, 3.05) is 0 Å². The molecule has 4 rings (SSSR count). The first kappa shape index (κ1) is 17.3. The predicted molar refractivity (Wildman–Crippen MR) is 115 cm³/mol. The quantitative estimate of drug-likeness (QED) is 0.387. The molecule has 0 amide bonds. The van der Waals surface area contributed by atoms with Crippen LogP contribution in [-0.2, 0) is 0 Å². The summed E-state index contributed by atoms with van der Waals surface area (Å²) >= 11 is 1.05. The molecule has 4 aromatic carbocycles. The van der Waals surface area contributed by atoms with E-state index in [0.717, 1.165) is 0 Å². The van der Waals surface area contributed by atoms with Gasteiger partial charge in [0, 0.05) is 0 Å². The second kappa shape index (κ2) is 8.53. The van der Waals surface area contributed by atoms with Crippen molar-refractivity contribution in [1.82, 2.24) is 0 Å². The van der Waals surface area contributed by atoms with Gasteiger partial charge in [0.05, 0.1) is 0 Å². The molecule has 0 saturated heterocycles. The van der Waals surface area contributed by atoms with Gasteiger partial charge in [-0.05, 0) is 0 Å². The zero-order chi connectivity index (χ0) is 17.6. The Morgan fingerprint density at radius 2 is 0.615 bits per heavy atom. The molecule has 26 heavy (non-hydrogen) atoms. The van der Waals surface area contributed by atoms with Gasteiger partial charge in [0.2, 0.25) is 0 Å². The van der Waals surface area contributed by atoms with Crippen LogP contribution in [0.1, 0.15) is 0 Å². The molecular weight excluding hydrogens is 446 g/mol. The fraction of sp³-hybridized carbons (Fsp3) is 0. The number of benzene rings is 4. The summed E-state index contributed by atoms with van der Waals surface area (Å²) in [5, 5.41) is 0. The predicted octanol–water partition coefficient (Wildman–Crippen LogP) is 4.29. The second-order valence-electron chi connectivity index (χ2n) is 5.95. The van der Waals surface area contributed by atoms with Crippen LogP contribution < -0.4 is 8.92 Å². The van der Waals surface area contributed by atoms with Crippen molar-refractivity contribution < 1.29 is 0 Å². The summed E-state index contributed by atoms with van der Waals surface area (Å²) in [5.74, 6) is 0. The maximum atomic E-state index is 2.29. The van der Waals surface area contributed by atoms with Crippen LogP contribution in [0, 0.1) is 0 Å². The molecule has 0 bridgehead atoms. The van der Waals surface area contributed by atoms with E-state index in [0.29, 0.717) is 26.3 Å². The maximum absolute atomic E-state index is 2.29. The molecule has 2 heteroatoms. The summed E-state index contributed by atoms with van der Waals surface area (Å²) in [6.07, 6.45) is 0. The van der Waals surface area contributed by atoms with Crippen LogP contribution >= 0.6 is 0 Å². The SMILES string of the molecule is c1ccc(-c2ccc([Se][Se]c3ccc(-c4ccccc4)cc3)cc2)cc1. The molecule has 0 nitrogen and oxygen atoms in total. The van der Waals surface area contributed by atoms with Crippen molar-refractivity contribution in [3.8, 4) is 22.3 Å². The first-order valence-corrected chi connectivity index (χ1v) is 14.6. The molecule has 0 heterocycles. The van der Waals surface area contributed by atoms with Crippen molar-refractivity contribution in [3.05, 3.63) is 109 Å². The Labute approximate surface area is 166 Å². The van der Waals surface area contributed by atoms with Crippen molar-refractivity contribution in [2.24, 2.45) is 0 Å². The zero-order valence-corrected chi connectivity index (χ0v) is 17.6. The molecule has 0 radical (unpaired) electrons. The molecule has 0 aliphatic rings. The molecule has 0 aliphatic heterocycles. The van der Waals surface area contributed by atoms with Crippen LogP contribution in [0.2, 0.25) is 0 Å². The summed E-state index contributed by atoms with van der Waals surface area (Å²) < 4.78 is 2.95. The fourth-order valence-electron chi connectivity index (χ4n) is 2.76. The van der Waals surface area contributed by atoms with Crippen molar-refractivity contribution in [1.29, 1.82) is 0 Å². The Balaban J connectivity index is 1.40. The normalized spacial score (nSPS) is 10.6. The van der Waals surface area contributed by atoms with Gasteiger partial charge in [-0.3, -0.25) is 0 Å². The monoisotopic (exact) mass is 466 g/mol. The minimum atomic E-state index is 0.524. The number of rotatable bonds is 5. The van der Waals surface area contributed by atoms with Crippen molar-refractivity contribution in [3.63, 3.8) is 0 Å². The third-order valence-electron chi connectivity index (χ3n) is 4.16. The van der Waals surface area contributed by atoms with Crippen LogP contribution in [0.3, 0.4) is 0 Å². The van der Waals surface area contributed by atoms with Crippen LogP contribution in [0.4, 0.5) is 0 Å². The van der Waals surface area contributed by atoms with Gasteiger partial charge in [0.15, 0.2) is 0 Å². The van der Waals surface area contributed by atoms with E-state index in [2.05, 4.69) is 109 Å². The van der Waals surface area contributed by atoms with Gasteiger partial charge in [0.1, 0.15) is 0 Å². The van der Waals surface area contributed by atoms with E-state index in [1.165, 1.54) is 31.2 Å². The molecule has 0 atom stereocenters. The Kier molecular flexibility index (Phi) is 5.69. The van der Waals surface area contributed by atoms with Gasteiger partial charge in [-0.1, -0.05) is 0 Å². The number of hydrogen-bond acceptors (Lipinski definition) is 0. The molecule has 4 aromatic rings. The molecule has 0 aliphatic carbocycles. The second-order valence-corrected chi connectivity index (χ2v) is 12.3. The van der Waals surface area contributed by atoms with Crippen LogP contribution in [-0.4, -0.2) is 26.3 Å². The van der Waals surface area contributed by atoms with E-state index in [4.69, 9.17) is 0 Å². The van der Waals surface area contributed by atoms with Crippen molar-refractivity contribution in [2.45, 2.75) is 0 Å².